The second kappa shape index (κ2) is 10.7. The van der Waals surface area contributed by atoms with Gasteiger partial charge in [-0.05, 0) is 50.5 Å². The molecule has 0 saturated carbocycles. The normalized spacial score (nSPS) is 14.7. The predicted molar refractivity (Wildman–Crippen MR) is 132 cm³/mol. The molecular weight excluding hydrogens is 475 g/mol. The van der Waals surface area contributed by atoms with Crippen LogP contribution < -0.4 is 15.5 Å². The highest BCUT2D eigenvalue weighted by molar-refractivity contribution is 14.0. The summed E-state index contributed by atoms with van der Waals surface area (Å²) in [6.45, 7) is 9.10. The van der Waals surface area contributed by atoms with Crippen LogP contribution in [-0.2, 0) is 20.0 Å². The van der Waals surface area contributed by atoms with E-state index in [1.54, 1.807) is 0 Å². The highest BCUT2D eigenvalue weighted by Crippen LogP contribution is 2.18. The Kier molecular flexibility index (Phi) is 8.55. The molecule has 0 fully saturated rings. The van der Waals surface area contributed by atoms with Crippen LogP contribution in [0, 0.1) is 13.8 Å². The lowest BCUT2D eigenvalue weighted by Crippen LogP contribution is -2.42. The van der Waals surface area contributed by atoms with Gasteiger partial charge in [0.1, 0.15) is 0 Å². The molecule has 3 rings (SSSR count). The first kappa shape index (κ1) is 23.3. The van der Waals surface area contributed by atoms with Crippen molar-refractivity contribution in [3.63, 3.8) is 0 Å². The van der Waals surface area contributed by atoms with Crippen LogP contribution in [0.3, 0.4) is 0 Å². The van der Waals surface area contributed by atoms with Gasteiger partial charge in [0.05, 0.1) is 5.69 Å². The molecular formula is C22H33IN6. The van der Waals surface area contributed by atoms with E-state index in [-0.39, 0.29) is 30.0 Å². The fourth-order valence-electron chi connectivity index (χ4n) is 3.64. The summed E-state index contributed by atoms with van der Waals surface area (Å²) < 4.78 is 1.95. The number of nitrogens with one attached hydrogen (secondary N) is 2. The van der Waals surface area contributed by atoms with Crippen LogP contribution in [0.1, 0.15) is 29.4 Å². The van der Waals surface area contributed by atoms with Crippen LogP contribution >= 0.6 is 24.0 Å². The molecule has 1 unspecified atom stereocenters. The summed E-state index contributed by atoms with van der Waals surface area (Å²) in [5.41, 5.74) is 6.15. The topological polar surface area (TPSA) is 57.5 Å². The Labute approximate surface area is 191 Å². The van der Waals surface area contributed by atoms with Gasteiger partial charge in [-0.1, -0.05) is 24.3 Å². The molecule has 0 amide bonds. The van der Waals surface area contributed by atoms with Crippen molar-refractivity contribution < 1.29 is 0 Å². The van der Waals surface area contributed by atoms with Gasteiger partial charge >= 0.3 is 0 Å². The summed E-state index contributed by atoms with van der Waals surface area (Å²) >= 11 is 0. The molecule has 29 heavy (non-hydrogen) atoms. The zero-order chi connectivity index (χ0) is 20.1. The maximum absolute atomic E-state index is 4.51. The molecule has 1 aliphatic heterocycles. The van der Waals surface area contributed by atoms with Gasteiger partial charge in [-0.3, -0.25) is 9.67 Å². The van der Waals surface area contributed by atoms with E-state index in [1.807, 2.05) is 18.8 Å². The molecule has 0 spiro atoms. The van der Waals surface area contributed by atoms with Gasteiger partial charge < -0.3 is 15.5 Å². The van der Waals surface area contributed by atoms with Crippen molar-refractivity contribution >= 4 is 35.6 Å². The molecule has 158 valence electrons. The van der Waals surface area contributed by atoms with E-state index in [2.05, 4.69) is 82.8 Å². The smallest absolute Gasteiger partial charge is 0.191 e. The number of anilines is 1. The Hall–Kier alpha value is -2.03. The molecule has 1 atom stereocenters. The van der Waals surface area contributed by atoms with Gasteiger partial charge in [-0.2, -0.15) is 5.10 Å². The minimum atomic E-state index is 0. The zero-order valence-electron chi connectivity index (χ0n) is 18.1. The van der Waals surface area contributed by atoms with Crippen molar-refractivity contribution in [2.75, 3.05) is 25.0 Å². The van der Waals surface area contributed by atoms with Crippen LogP contribution in [-0.4, -0.2) is 41.9 Å². The third-order valence-electron chi connectivity index (χ3n) is 5.33. The van der Waals surface area contributed by atoms with Crippen molar-refractivity contribution in [1.82, 2.24) is 20.4 Å². The van der Waals surface area contributed by atoms with Crippen molar-refractivity contribution in [3.8, 4) is 0 Å². The summed E-state index contributed by atoms with van der Waals surface area (Å²) in [6.07, 6.45) is 5.34. The zero-order valence-corrected chi connectivity index (χ0v) is 20.4. The third kappa shape index (κ3) is 5.98. The van der Waals surface area contributed by atoms with Gasteiger partial charge in [-0.25, -0.2) is 0 Å². The summed E-state index contributed by atoms with van der Waals surface area (Å²) in [7, 11) is 3.81. The standard InChI is InChI=1S/C22H32N6.HI/c1-16(13-21-17(2)26-27(5)18(21)3)25-22(23-4)24-15-19-9-8-10-20(14-19)28-11-6-7-12-28;/h6-10,14,16H,11-13,15H2,1-5H3,(H2,23,24,25);1H. The van der Waals surface area contributed by atoms with Gasteiger partial charge in [0, 0.05) is 51.2 Å². The molecule has 2 N–H and O–H groups in total. The number of benzene rings is 1. The van der Waals surface area contributed by atoms with E-state index in [1.165, 1.54) is 22.5 Å². The van der Waals surface area contributed by atoms with Gasteiger partial charge in [0.2, 0.25) is 0 Å². The number of aliphatic imine (C=N–C) groups is 1. The Morgan fingerprint density at radius 2 is 1.97 bits per heavy atom. The molecule has 0 saturated heterocycles. The lowest BCUT2D eigenvalue weighted by atomic mass is 10.1. The maximum Gasteiger partial charge on any atom is 0.191 e. The average Bonchev–Trinajstić information content (AvgIpc) is 3.30. The molecule has 2 aromatic rings. The first-order chi connectivity index (χ1) is 13.5. The van der Waals surface area contributed by atoms with Crippen LogP contribution in [0.5, 0.6) is 0 Å². The van der Waals surface area contributed by atoms with E-state index in [0.717, 1.165) is 37.7 Å². The van der Waals surface area contributed by atoms with Crippen molar-refractivity contribution in [2.24, 2.45) is 12.0 Å². The van der Waals surface area contributed by atoms with Crippen LogP contribution in [0.2, 0.25) is 0 Å². The molecule has 1 aromatic carbocycles. The number of nitrogens with zero attached hydrogens (tertiary/aromatic N) is 4. The highest BCUT2D eigenvalue weighted by atomic mass is 127. The lowest BCUT2D eigenvalue weighted by molar-refractivity contribution is 0.635. The second-order valence-electron chi connectivity index (χ2n) is 7.49. The summed E-state index contributed by atoms with van der Waals surface area (Å²) in [5, 5.41) is 11.5. The van der Waals surface area contributed by atoms with E-state index < -0.39 is 0 Å². The van der Waals surface area contributed by atoms with Gasteiger partial charge in [0.25, 0.3) is 0 Å². The highest BCUT2D eigenvalue weighted by Gasteiger charge is 2.14. The largest absolute Gasteiger partial charge is 0.364 e. The summed E-state index contributed by atoms with van der Waals surface area (Å²) in [5.74, 6) is 0.819. The van der Waals surface area contributed by atoms with Crippen molar-refractivity contribution in [1.29, 1.82) is 0 Å². The molecule has 1 aromatic heterocycles. The number of aromatic nitrogens is 2. The molecule has 6 nitrogen and oxygen atoms in total. The Bertz CT molecular complexity index is 862. The maximum atomic E-state index is 4.51. The summed E-state index contributed by atoms with van der Waals surface area (Å²) in [6, 6.07) is 8.95. The van der Waals surface area contributed by atoms with Gasteiger partial charge in [0.15, 0.2) is 5.96 Å². The van der Waals surface area contributed by atoms with E-state index in [4.69, 9.17) is 0 Å². The van der Waals surface area contributed by atoms with Crippen LogP contribution in [0.25, 0.3) is 0 Å². The minimum Gasteiger partial charge on any atom is -0.364 e. The number of guanidine groups is 1. The first-order valence-corrected chi connectivity index (χ1v) is 9.93. The molecule has 0 radical (unpaired) electrons. The Morgan fingerprint density at radius 1 is 1.24 bits per heavy atom. The fraction of sp³-hybridized carbons (Fsp3) is 0.455. The number of hydrogen-bond acceptors (Lipinski definition) is 3. The number of halogens is 1. The fourth-order valence-corrected chi connectivity index (χ4v) is 3.64. The SMILES string of the molecule is CN=C(NCc1cccc(N2CC=CC2)c1)NC(C)Cc1c(C)nn(C)c1C.I. The quantitative estimate of drug-likeness (QED) is 0.272. The average molecular weight is 508 g/mol. The number of aryl methyl sites for hydroxylation is 2. The second-order valence-corrected chi connectivity index (χ2v) is 7.49. The molecule has 2 heterocycles. The number of rotatable bonds is 6. The molecule has 0 bridgehead atoms. The van der Waals surface area contributed by atoms with E-state index in [0.29, 0.717) is 0 Å². The van der Waals surface area contributed by atoms with Crippen molar-refractivity contribution in [2.45, 2.75) is 39.8 Å². The molecule has 0 aliphatic carbocycles. The first-order valence-electron chi connectivity index (χ1n) is 9.93. The van der Waals surface area contributed by atoms with E-state index in [9.17, 15) is 0 Å². The monoisotopic (exact) mass is 508 g/mol. The van der Waals surface area contributed by atoms with Crippen LogP contribution in [0.15, 0.2) is 41.4 Å². The minimum absolute atomic E-state index is 0. The molecule has 1 aliphatic rings. The number of hydrogen-bond donors (Lipinski definition) is 2. The third-order valence-corrected chi connectivity index (χ3v) is 5.33. The lowest BCUT2D eigenvalue weighted by Gasteiger charge is -2.20. The van der Waals surface area contributed by atoms with E-state index >= 15 is 0 Å². The van der Waals surface area contributed by atoms with Gasteiger partial charge in [-0.15, -0.1) is 24.0 Å². The predicted octanol–water partition coefficient (Wildman–Crippen LogP) is 3.33. The van der Waals surface area contributed by atoms with Crippen LogP contribution in [0.4, 0.5) is 5.69 Å². The molecule has 7 heteroatoms. The Balaban J connectivity index is 0.00000300. The summed E-state index contributed by atoms with van der Waals surface area (Å²) in [4.78, 5) is 6.75. The Morgan fingerprint density at radius 3 is 2.59 bits per heavy atom. The van der Waals surface area contributed by atoms with Crippen molar-refractivity contribution in [3.05, 3.63) is 58.9 Å².